The van der Waals surface area contributed by atoms with E-state index in [1.807, 2.05) is 0 Å². The van der Waals surface area contributed by atoms with Gasteiger partial charge in [0.25, 0.3) is 0 Å². The van der Waals surface area contributed by atoms with Crippen LogP contribution in [-0.2, 0) is 4.79 Å². The SMILES string of the molecule is CC(O)CCNC(=O)C1(CN)CCCC1. The summed E-state index contributed by atoms with van der Waals surface area (Å²) in [7, 11) is 0. The lowest BCUT2D eigenvalue weighted by molar-refractivity contribution is -0.130. The first-order valence-corrected chi connectivity index (χ1v) is 5.77. The van der Waals surface area contributed by atoms with Gasteiger partial charge in [-0.3, -0.25) is 4.79 Å². The fourth-order valence-corrected chi connectivity index (χ4v) is 2.16. The van der Waals surface area contributed by atoms with Crippen molar-refractivity contribution in [3.05, 3.63) is 0 Å². The maximum absolute atomic E-state index is 11.9. The van der Waals surface area contributed by atoms with Crippen LogP contribution in [0.3, 0.4) is 0 Å². The summed E-state index contributed by atoms with van der Waals surface area (Å²) in [5, 5.41) is 11.9. The molecule has 0 bridgehead atoms. The Labute approximate surface area is 91.2 Å². The fraction of sp³-hybridized carbons (Fsp3) is 0.909. The van der Waals surface area contributed by atoms with Gasteiger partial charge in [0.1, 0.15) is 0 Å². The second-order valence-electron chi connectivity index (χ2n) is 4.59. The predicted octanol–water partition coefficient (Wildman–Crippen LogP) is 0.393. The molecule has 0 spiro atoms. The highest BCUT2D eigenvalue weighted by atomic mass is 16.3. The van der Waals surface area contributed by atoms with Crippen molar-refractivity contribution in [2.24, 2.45) is 11.1 Å². The molecule has 88 valence electrons. The van der Waals surface area contributed by atoms with Gasteiger partial charge in [0, 0.05) is 13.1 Å². The van der Waals surface area contributed by atoms with Gasteiger partial charge in [-0.15, -0.1) is 0 Å². The minimum atomic E-state index is -0.359. The molecule has 0 saturated heterocycles. The Morgan fingerprint density at radius 3 is 2.60 bits per heavy atom. The summed E-state index contributed by atoms with van der Waals surface area (Å²) in [6.45, 7) is 2.70. The van der Waals surface area contributed by atoms with Gasteiger partial charge in [-0.25, -0.2) is 0 Å². The maximum atomic E-state index is 11.9. The third-order valence-corrected chi connectivity index (χ3v) is 3.28. The van der Waals surface area contributed by atoms with Crippen LogP contribution in [0.1, 0.15) is 39.0 Å². The van der Waals surface area contributed by atoms with Gasteiger partial charge in [0.2, 0.25) is 5.91 Å². The second-order valence-corrected chi connectivity index (χ2v) is 4.59. The Balaban J connectivity index is 2.37. The van der Waals surface area contributed by atoms with E-state index in [1.54, 1.807) is 6.92 Å². The lowest BCUT2D eigenvalue weighted by Crippen LogP contribution is -2.44. The van der Waals surface area contributed by atoms with Crippen molar-refractivity contribution in [1.29, 1.82) is 0 Å². The predicted molar refractivity (Wildman–Crippen MR) is 59.3 cm³/mol. The van der Waals surface area contributed by atoms with Crippen LogP contribution in [0.2, 0.25) is 0 Å². The summed E-state index contributed by atoms with van der Waals surface area (Å²) in [5.41, 5.74) is 5.37. The number of amides is 1. The molecule has 1 aliphatic carbocycles. The first kappa shape index (κ1) is 12.5. The molecule has 4 heteroatoms. The Morgan fingerprint density at radius 1 is 1.53 bits per heavy atom. The number of nitrogens with two attached hydrogens (primary N) is 1. The van der Waals surface area contributed by atoms with Crippen LogP contribution in [0, 0.1) is 5.41 Å². The summed E-state index contributed by atoms with van der Waals surface area (Å²) in [5.74, 6) is 0.0724. The molecule has 1 saturated carbocycles. The van der Waals surface area contributed by atoms with Gasteiger partial charge in [0.15, 0.2) is 0 Å². The minimum absolute atomic E-state index is 0.0724. The first-order chi connectivity index (χ1) is 7.10. The van der Waals surface area contributed by atoms with Crippen molar-refractivity contribution < 1.29 is 9.90 Å². The molecule has 0 aliphatic heterocycles. The average molecular weight is 214 g/mol. The molecule has 1 rings (SSSR count). The van der Waals surface area contributed by atoms with E-state index in [0.29, 0.717) is 19.5 Å². The van der Waals surface area contributed by atoms with Gasteiger partial charge in [-0.2, -0.15) is 0 Å². The Kier molecular flexibility index (Phi) is 4.54. The molecule has 4 N–H and O–H groups in total. The van der Waals surface area contributed by atoms with Crippen molar-refractivity contribution in [3.8, 4) is 0 Å². The van der Waals surface area contributed by atoms with Crippen LogP contribution in [-0.4, -0.2) is 30.2 Å². The van der Waals surface area contributed by atoms with Crippen LogP contribution in [0.15, 0.2) is 0 Å². The van der Waals surface area contributed by atoms with Crippen LogP contribution in [0.4, 0.5) is 0 Å². The Morgan fingerprint density at radius 2 is 2.13 bits per heavy atom. The molecule has 0 heterocycles. The molecule has 1 aliphatic rings. The number of hydrogen-bond donors (Lipinski definition) is 3. The summed E-state index contributed by atoms with van der Waals surface area (Å²) in [4.78, 5) is 11.9. The van der Waals surface area contributed by atoms with E-state index in [1.165, 1.54) is 0 Å². The topological polar surface area (TPSA) is 75.3 Å². The lowest BCUT2D eigenvalue weighted by Gasteiger charge is -2.25. The zero-order valence-corrected chi connectivity index (χ0v) is 9.46. The molecule has 0 aromatic heterocycles. The zero-order valence-electron chi connectivity index (χ0n) is 9.46. The summed E-state index contributed by atoms with van der Waals surface area (Å²) in [6, 6.07) is 0. The van der Waals surface area contributed by atoms with E-state index >= 15 is 0 Å². The largest absolute Gasteiger partial charge is 0.393 e. The lowest BCUT2D eigenvalue weighted by atomic mass is 9.85. The standard InChI is InChI=1S/C11H22N2O2/c1-9(14)4-7-13-10(15)11(8-12)5-2-3-6-11/h9,14H,2-8,12H2,1H3,(H,13,15). The van der Waals surface area contributed by atoms with Crippen molar-refractivity contribution >= 4 is 5.91 Å². The van der Waals surface area contributed by atoms with Gasteiger partial charge in [-0.1, -0.05) is 12.8 Å². The highest BCUT2D eigenvalue weighted by Gasteiger charge is 2.39. The van der Waals surface area contributed by atoms with Crippen LogP contribution in [0.5, 0.6) is 0 Å². The normalized spacial score (nSPS) is 21.3. The number of carbonyl (C=O) groups excluding carboxylic acids is 1. The quantitative estimate of drug-likeness (QED) is 0.620. The van der Waals surface area contributed by atoms with E-state index in [0.717, 1.165) is 25.7 Å². The third kappa shape index (κ3) is 3.18. The molecule has 1 amide bonds. The molecule has 0 radical (unpaired) electrons. The molecule has 1 fully saturated rings. The van der Waals surface area contributed by atoms with Crippen molar-refractivity contribution in [1.82, 2.24) is 5.32 Å². The van der Waals surface area contributed by atoms with Gasteiger partial charge < -0.3 is 16.2 Å². The number of aliphatic hydroxyl groups excluding tert-OH is 1. The van der Waals surface area contributed by atoms with Crippen LogP contribution in [0.25, 0.3) is 0 Å². The highest BCUT2D eigenvalue weighted by Crippen LogP contribution is 2.37. The molecule has 1 unspecified atom stereocenters. The average Bonchev–Trinajstić information content (AvgIpc) is 2.66. The summed E-state index contributed by atoms with van der Waals surface area (Å²) in [6.07, 6.45) is 4.25. The van der Waals surface area contributed by atoms with Gasteiger partial charge in [0.05, 0.1) is 11.5 Å². The summed E-state index contributed by atoms with van der Waals surface area (Å²) >= 11 is 0. The smallest absolute Gasteiger partial charge is 0.227 e. The highest BCUT2D eigenvalue weighted by molar-refractivity contribution is 5.83. The van der Waals surface area contributed by atoms with Gasteiger partial charge >= 0.3 is 0 Å². The number of hydrogen-bond acceptors (Lipinski definition) is 3. The van der Waals surface area contributed by atoms with Crippen LogP contribution < -0.4 is 11.1 Å². The summed E-state index contributed by atoms with van der Waals surface area (Å²) < 4.78 is 0. The van der Waals surface area contributed by atoms with Crippen molar-refractivity contribution in [2.45, 2.75) is 45.1 Å². The molecular formula is C11H22N2O2. The molecule has 15 heavy (non-hydrogen) atoms. The van der Waals surface area contributed by atoms with Gasteiger partial charge in [-0.05, 0) is 26.2 Å². The number of rotatable bonds is 5. The van der Waals surface area contributed by atoms with Crippen molar-refractivity contribution in [2.75, 3.05) is 13.1 Å². The van der Waals surface area contributed by atoms with E-state index in [4.69, 9.17) is 10.8 Å². The molecule has 0 aromatic rings. The first-order valence-electron chi connectivity index (χ1n) is 5.77. The zero-order chi connectivity index (χ0) is 11.3. The molecular weight excluding hydrogens is 192 g/mol. The van der Waals surface area contributed by atoms with E-state index in [9.17, 15) is 4.79 Å². The number of aliphatic hydroxyl groups is 1. The Bertz CT molecular complexity index is 211. The third-order valence-electron chi connectivity index (χ3n) is 3.28. The molecule has 4 nitrogen and oxygen atoms in total. The molecule has 0 aromatic carbocycles. The van der Waals surface area contributed by atoms with Crippen LogP contribution >= 0.6 is 0 Å². The second kappa shape index (κ2) is 5.47. The minimum Gasteiger partial charge on any atom is -0.393 e. The number of nitrogens with one attached hydrogen (secondary N) is 1. The Hall–Kier alpha value is -0.610. The number of carbonyl (C=O) groups is 1. The van der Waals surface area contributed by atoms with E-state index in [-0.39, 0.29) is 17.4 Å². The van der Waals surface area contributed by atoms with E-state index in [2.05, 4.69) is 5.32 Å². The van der Waals surface area contributed by atoms with Crippen molar-refractivity contribution in [3.63, 3.8) is 0 Å². The maximum Gasteiger partial charge on any atom is 0.227 e. The van der Waals surface area contributed by atoms with E-state index < -0.39 is 0 Å². The fourth-order valence-electron chi connectivity index (χ4n) is 2.16. The molecule has 1 atom stereocenters. The monoisotopic (exact) mass is 214 g/mol.